The summed E-state index contributed by atoms with van der Waals surface area (Å²) in [5.41, 5.74) is 9.57. The molecule has 150 valence electrons. The van der Waals surface area contributed by atoms with Crippen molar-refractivity contribution in [2.45, 2.75) is 24.8 Å². The Morgan fingerprint density at radius 1 is 0.677 bits per heavy atom. The summed E-state index contributed by atoms with van der Waals surface area (Å²) in [4.78, 5) is 2.51. The molecule has 0 aliphatic heterocycles. The summed E-state index contributed by atoms with van der Waals surface area (Å²) in [5, 5.41) is 0. The maximum atomic E-state index is 2.51. The fourth-order valence-corrected chi connectivity index (χ4v) is 5.31. The molecular weight excluding hydrogens is 374 g/mol. The van der Waals surface area contributed by atoms with Gasteiger partial charge in [-0.25, -0.2) is 0 Å². The van der Waals surface area contributed by atoms with Crippen LogP contribution in [0, 0.1) is 0 Å². The summed E-state index contributed by atoms with van der Waals surface area (Å²) < 4.78 is 0. The van der Waals surface area contributed by atoms with Gasteiger partial charge < -0.3 is 4.90 Å². The second-order valence-electron chi connectivity index (χ2n) is 8.47. The summed E-state index contributed by atoms with van der Waals surface area (Å²) in [7, 11) is 0. The van der Waals surface area contributed by atoms with E-state index in [1.165, 1.54) is 39.2 Å². The number of anilines is 1. The van der Waals surface area contributed by atoms with Crippen LogP contribution in [0.25, 0.3) is 16.7 Å². The molecule has 0 amide bonds. The van der Waals surface area contributed by atoms with Crippen LogP contribution in [0.1, 0.15) is 29.9 Å². The number of para-hydroxylation sites is 1. The lowest BCUT2D eigenvalue weighted by atomic mass is 9.72. The molecule has 0 heterocycles. The molecule has 31 heavy (non-hydrogen) atoms. The van der Waals surface area contributed by atoms with Crippen LogP contribution < -0.4 is 4.90 Å². The first kappa shape index (κ1) is 18.2. The normalized spacial score (nSPS) is 20.8. The Morgan fingerprint density at radius 3 is 2.23 bits per heavy atom. The van der Waals surface area contributed by atoms with Gasteiger partial charge in [0.15, 0.2) is 0 Å². The van der Waals surface area contributed by atoms with Crippen LogP contribution >= 0.6 is 0 Å². The third-order valence-electron chi connectivity index (χ3n) is 6.71. The van der Waals surface area contributed by atoms with E-state index in [-0.39, 0.29) is 0 Å². The Balaban J connectivity index is 1.49. The van der Waals surface area contributed by atoms with E-state index in [2.05, 4.69) is 120 Å². The molecule has 3 aliphatic carbocycles. The summed E-state index contributed by atoms with van der Waals surface area (Å²) in [5.74, 6) is 0.425. The molecule has 0 bridgehead atoms. The van der Waals surface area contributed by atoms with Gasteiger partial charge in [-0.1, -0.05) is 97.1 Å². The number of nitrogens with zero attached hydrogens (tertiary/aromatic N) is 1. The molecule has 0 saturated carbocycles. The van der Waals surface area contributed by atoms with Crippen LogP contribution in [0.4, 0.5) is 5.69 Å². The highest BCUT2D eigenvalue weighted by Gasteiger charge is 2.32. The molecule has 2 atom stereocenters. The molecule has 3 aromatic rings. The predicted octanol–water partition coefficient (Wildman–Crippen LogP) is 7.51. The lowest BCUT2D eigenvalue weighted by Gasteiger charge is -2.38. The molecule has 1 heteroatoms. The van der Waals surface area contributed by atoms with E-state index in [1.807, 2.05) is 0 Å². The van der Waals surface area contributed by atoms with Gasteiger partial charge in [0.25, 0.3) is 0 Å². The van der Waals surface area contributed by atoms with Crippen LogP contribution in [-0.2, 0) is 0 Å². The first-order valence-corrected chi connectivity index (χ1v) is 11.2. The molecule has 0 aromatic heterocycles. The van der Waals surface area contributed by atoms with Crippen LogP contribution in [0.5, 0.6) is 0 Å². The summed E-state index contributed by atoms with van der Waals surface area (Å²) >= 11 is 0. The van der Waals surface area contributed by atoms with Crippen LogP contribution in [0.2, 0.25) is 0 Å². The third-order valence-corrected chi connectivity index (χ3v) is 6.71. The number of benzene rings is 3. The Hall–Kier alpha value is -3.58. The van der Waals surface area contributed by atoms with Gasteiger partial charge in [-0.3, -0.25) is 0 Å². The van der Waals surface area contributed by atoms with E-state index < -0.39 is 0 Å². The van der Waals surface area contributed by atoms with Gasteiger partial charge in [0.05, 0.1) is 6.04 Å². The van der Waals surface area contributed by atoms with Gasteiger partial charge in [0.1, 0.15) is 0 Å². The maximum Gasteiger partial charge on any atom is 0.0559 e. The average molecular weight is 400 g/mol. The Kier molecular flexibility index (Phi) is 4.46. The van der Waals surface area contributed by atoms with Gasteiger partial charge in [-0.05, 0) is 58.9 Å². The summed E-state index contributed by atoms with van der Waals surface area (Å²) in [6.07, 6.45) is 15.9. The fraction of sp³-hybridized carbons (Fsp3) is 0.133. The molecule has 6 rings (SSSR count). The first-order valence-electron chi connectivity index (χ1n) is 11.2. The second-order valence-corrected chi connectivity index (χ2v) is 8.47. The van der Waals surface area contributed by atoms with Crippen molar-refractivity contribution >= 4 is 11.3 Å². The molecule has 0 radical (unpaired) electrons. The van der Waals surface area contributed by atoms with Gasteiger partial charge >= 0.3 is 0 Å². The zero-order valence-corrected chi connectivity index (χ0v) is 17.5. The van der Waals surface area contributed by atoms with Crippen molar-refractivity contribution in [3.8, 4) is 11.1 Å². The fourth-order valence-electron chi connectivity index (χ4n) is 5.31. The average Bonchev–Trinajstić information content (AvgIpc) is 2.86. The van der Waals surface area contributed by atoms with Crippen LogP contribution in [-0.4, -0.2) is 6.04 Å². The zero-order chi connectivity index (χ0) is 20.6. The molecule has 0 saturated heterocycles. The lowest BCUT2D eigenvalue weighted by molar-refractivity contribution is 0.748. The molecule has 0 spiro atoms. The molecule has 0 fully saturated rings. The van der Waals surface area contributed by atoms with E-state index in [4.69, 9.17) is 0 Å². The molecular formula is C30H25N. The van der Waals surface area contributed by atoms with Gasteiger partial charge in [-0.2, -0.15) is 0 Å². The van der Waals surface area contributed by atoms with Crippen molar-refractivity contribution in [3.05, 3.63) is 132 Å². The van der Waals surface area contributed by atoms with Crippen molar-refractivity contribution in [2.24, 2.45) is 0 Å². The van der Waals surface area contributed by atoms with Crippen LogP contribution in [0.3, 0.4) is 0 Å². The second kappa shape index (κ2) is 7.59. The number of fused-ring (bicyclic) bond motifs is 6. The zero-order valence-electron chi connectivity index (χ0n) is 17.5. The molecule has 0 N–H and O–H groups in total. The van der Waals surface area contributed by atoms with Crippen molar-refractivity contribution in [2.75, 3.05) is 4.90 Å². The van der Waals surface area contributed by atoms with Crippen molar-refractivity contribution in [1.29, 1.82) is 0 Å². The highest BCUT2D eigenvalue weighted by molar-refractivity contribution is 5.92. The number of hydrogen-bond donors (Lipinski definition) is 0. The smallest absolute Gasteiger partial charge is 0.0559 e. The van der Waals surface area contributed by atoms with Crippen molar-refractivity contribution in [1.82, 2.24) is 0 Å². The lowest BCUT2D eigenvalue weighted by Crippen LogP contribution is -2.34. The Labute approximate surface area is 184 Å². The standard InChI is InChI=1S/C30H25N/c1-3-11-22(12-4-1)31(23-13-5-2-6-14-23)24-19-20-29-27-17-8-7-15-25(27)26-16-9-10-18-28(26)30(29)21-24/h1-13,15-19,21,23,29H,14,20H2. The number of rotatable bonds is 3. The summed E-state index contributed by atoms with van der Waals surface area (Å²) in [6.45, 7) is 0. The molecule has 3 aromatic carbocycles. The molecule has 3 aliphatic rings. The van der Waals surface area contributed by atoms with Gasteiger partial charge in [-0.15, -0.1) is 0 Å². The topological polar surface area (TPSA) is 3.24 Å². The van der Waals surface area contributed by atoms with E-state index in [1.54, 1.807) is 0 Å². The van der Waals surface area contributed by atoms with Gasteiger partial charge in [0.2, 0.25) is 0 Å². The minimum Gasteiger partial charge on any atom is -0.335 e. The minimum absolute atomic E-state index is 0.332. The maximum absolute atomic E-state index is 2.51. The van der Waals surface area contributed by atoms with Crippen molar-refractivity contribution < 1.29 is 0 Å². The van der Waals surface area contributed by atoms with E-state index >= 15 is 0 Å². The third kappa shape index (κ3) is 3.09. The Bertz CT molecular complexity index is 1240. The van der Waals surface area contributed by atoms with E-state index in [0.29, 0.717) is 12.0 Å². The number of hydrogen-bond acceptors (Lipinski definition) is 1. The van der Waals surface area contributed by atoms with E-state index in [9.17, 15) is 0 Å². The quantitative estimate of drug-likeness (QED) is 0.440. The predicted molar refractivity (Wildman–Crippen MR) is 131 cm³/mol. The highest BCUT2D eigenvalue weighted by atomic mass is 15.2. The largest absolute Gasteiger partial charge is 0.335 e. The molecule has 1 nitrogen and oxygen atoms in total. The summed E-state index contributed by atoms with van der Waals surface area (Å²) in [6, 6.07) is 29.0. The minimum atomic E-state index is 0.332. The van der Waals surface area contributed by atoms with E-state index in [0.717, 1.165) is 12.8 Å². The first-order chi connectivity index (χ1) is 15.4. The van der Waals surface area contributed by atoms with Gasteiger partial charge in [0, 0.05) is 17.3 Å². The monoisotopic (exact) mass is 399 g/mol. The molecule has 2 unspecified atom stereocenters. The SMILES string of the molecule is C1=CCC(N(C2=CCC3C(=C2)c2ccccc2-c2ccccc23)c2ccccc2)C=C1. The van der Waals surface area contributed by atoms with Crippen molar-refractivity contribution in [3.63, 3.8) is 0 Å². The Morgan fingerprint density at radius 2 is 1.42 bits per heavy atom. The van der Waals surface area contributed by atoms with Crippen LogP contribution in [0.15, 0.2) is 121 Å². The number of allylic oxidation sites excluding steroid dienone is 5. The highest BCUT2D eigenvalue weighted by Crippen LogP contribution is 2.50.